The third-order valence-electron chi connectivity index (χ3n) is 2.71. The lowest BCUT2D eigenvalue weighted by Gasteiger charge is -2.20. The van der Waals surface area contributed by atoms with Gasteiger partial charge >= 0.3 is 0 Å². The van der Waals surface area contributed by atoms with Crippen LogP contribution in [-0.4, -0.2) is 33.5 Å². The molecule has 0 fully saturated rings. The van der Waals surface area contributed by atoms with Crippen molar-refractivity contribution in [2.75, 3.05) is 33.5 Å². The minimum absolute atomic E-state index is 0.0355. The molecule has 0 aliphatic carbocycles. The fourth-order valence-corrected chi connectivity index (χ4v) is 1.75. The van der Waals surface area contributed by atoms with Crippen molar-refractivity contribution in [2.24, 2.45) is 0 Å². The molecule has 0 bridgehead atoms. The first-order valence-corrected chi connectivity index (χ1v) is 6.44. The lowest BCUT2D eigenvalue weighted by molar-refractivity contribution is 0.0575. The molecule has 1 aromatic carbocycles. The second-order valence-corrected chi connectivity index (χ2v) is 4.21. The summed E-state index contributed by atoms with van der Waals surface area (Å²) in [6, 6.07) is 3.39. The maximum atomic E-state index is 13.7. The van der Waals surface area contributed by atoms with Crippen LogP contribution in [0.15, 0.2) is 18.2 Å². The maximum Gasteiger partial charge on any atom is 0.131 e. The maximum absolute atomic E-state index is 13.7. The molecule has 3 nitrogen and oxygen atoms in total. The van der Waals surface area contributed by atoms with Gasteiger partial charge in [0.1, 0.15) is 11.6 Å². The summed E-state index contributed by atoms with van der Waals surface area (Å²) in [6.07, 6.45) is 0.880. The Morgan fingerprint density at radius 2 is 1.89 bits per heavy atom. The van der Waals surface area contributed by atoms with E-state index in [-0.39, 0.29) is 12.2 Å². The first-order chi connectivity index (χ1) is 9.20. The van der Waals surface area contributed by atoms with Gasteiger partial charge in [-0.3, -0.25) is 0 Å². The molecule has 1 atom stereocenters. The number of hydrogen-bond donors (Lipinski definition) is 1. The zero-order valence-corrected chi connectivity index (χ0v) is 11.4. The van der Waals surface area contributed by atoms with Crippen molar-refractivity contribution in [2.45, 2.75) is 19.4 Å². The van der Waals surface area contributed by atoms with Crippen LogP contribution in [0.3, 0.4) is 0 Å². The number of rotatable bonds is 9. The Morgan fingerprint density at radius 3 is 2.47 bits per heavy atom. The fourth-order valence-electron chi connectivity index (χ4n) is 1.75. The Labute approximate surface area is 112 Å². The van der Waals surface area contributed by atoms with E-state index in [0.717, 1.165) is 6.42 Å². The standard InChI is InChI=1S/C14H21F2NO2/c1-3-7-17-13(10-19-9-8-18-2)14-11(15)5-4-6-12(14)16/h4-6,13,17H,3,7-10H2,1-2H3. The molecule has 1 rings (SSSR count). The van der Waals surface area contributed by atoms with Gasteiger partial charge < -0.3 is 14.8 Å². The van der Waals surface area contributed by atoms with Crippen molar-refractivity contribution in [3.63, 3.8) is 0 Å². The number of methoxy groups -OCH3 is 1. The van der Waals surface area contributed by atoms with Crippen molar-refractivity contribution in [1.29, 1.82) is 0 Å². The van der Waals surface area contributed by atoms with Gasteiger partial charge in [-0.05, 0) is 25.1 Å². The van der Waals surface area contributed by atoms with Crippen molar-refractivity contribution >= 4 is 0 Å². The molecule has 1 unspecified atom stereocenters. The van der Waals surface area contributed by atoms with E-state index in [0.29, 0.717) is 19.8 Å². The molecule has 0 amide bonds. The minimum Gasteiger partial charge on any atom is -0.382 e. The quantitative estimate of drug-likeness (QED) is 0.702. The van der Waals surface area contributed by atoms with Crippen molar-refractivity contribution < 1.29 is 18.3 Å². The normalized spacial score (nSPS) is 12.6. The molecule has 1 N–H and O–H groups in total. The summed E-state index contributed by atoms with van der Waals surface area (Å²) in [4.78, 5) is 0. The van der Waals surface area contributed by atoms with Crippen LogP contribution in [0, 0.1) is 11.6 Å². The topological polar surface area (TPSA) is 30.5 Å². The smallest absolute Gasteiger partial charge is 0.131 e. The Bertz CT molecular complexity index is 354. The molecule has 0 heterocycles. The highest BCUT2D eigenvalue weighted by molar-refractivity contribution is 5.23. The highest BCUT2D eigenvalue weighted by Crippen LogP contribution is 2.21. The van der Waals surface area contributed by atoms with Gasteiger partial charge in [-0.1, -0.05) is 13.0 Å². The van der Waals surface area contributed by atoms with Gasteiger partial charge in [0.15, 0.2) is 0 Å². The average Bonchev–Trinajstić information content (AvgIpc) is 2.39. The number of nitrogens with one attached hydrogen (secondary N) is 1. The van der Waals surface area contributed by atoms with Gasteiger partial charge in [0.25, 0.3) is 0 Å². The number of benzene rings is 1. The Hall–Kier alpha value is -1.04. The molecular weight excluding hydrogens is 252 g/mol. The molecule has 19 heavy (non-hydrogen) atoms. The Balaban J connectivity index is 2.71. The van der Waals surface area contributed by atoms with Crippen molar-refractivity contribution in [3.05, 3.63) is 35.4 Å². The van der Waals surface area contributed by atoms with Crippen LogP contribution in [0.4, 0.5) is 8.78 Å². The lowest BCUT2D eigenvalue weighted by Crippen LogP contribution is -2.28. The third kappa shape index (κ3) is 5.22. The SMILES string of the molecule is CCCNC(COCCOC)c1c(F)cccc1F. The van der Waals surface area contributed by atoms with E-state index in [2.05, 4.69) is 5.32 Å². The molecule has 0 aliphatic heterocycles. The first kappa shape index (κ1) is 16.0. The second-order valence-electron chi connectivity index (χ2n) is 4.21. The van der Waals surface area contributed by atoms with Crippen molar-refractivity contribution in [1.82, 2.24) is 5.32 Å². The molecule has 108 valence electrons. The minimum atomic E-state index is -0.552. The van der Waals surface area contributed by atoms with Crippen LogP contribution in [-0.2, 0) is 9.47 Å². The zero-order valence-electron chi connectivity index (χ0n) is 11.4. The predicted octanol–water partition coefficient (Wildman–Crippen LogP) is 2.67. The molecule has 0 radical (unpaired) electrons. The van der Waals surface area contributed by atoms with Gasteiger partial charge in [-0.25, -0.2) is 8.78 Å². The Morgan fingerprint density at radius 1 is 1.21 bits per heavy atom. The molecule has 0 aromatic heterocycles. The Kier molecular flexibility index (Phi) is 7.55. The van der Waals surface area contributed by atoms with Crippen LogP contribution in [0.2, 0.25) is 0 Å². The van der Waals surface area contributed by atoms with E-state index >= 15 is 0 Å². The fraction of sp³-hybridized carbons (Fsp3) is 0.571. The highest BCUT2D eigenvalue weighted by Gasteiger charge is 2.19. The van der Waals surface area contributed by atoms with E-state index in [1.165, 1.54) is 18.2 Å². The lowest BCUT2D eigenvalue weighted by atomic mass is 10.1. The largest absolute Gasteiger partial charge is 0.382 e. The summed E-state index contributed by atoms with van der Waals surface area (Å²) in [5, 5.41) is 3.10. The van der Waals surface area contributed by atoms with Gasteiger partial charge in [0.05, 0.1) is 25.9 Å². The summed E-state index contributed by atoms with van der Waals surface area (Å²) in [5.41, 5.74) is 0.0355. The van der Waals surface area contributed by atoms with Crippen LogP contribution < -0.4 is 5.32 Å². The number of ether oxygens (including phenoxy) is 2. The number of halogens is 2. The zero-order chi connectivity index (χ0) is 14.1. The first-order valence-electron chi connectivity index (χ1n) is 6.44. The van der Waals surface area contributed by atoms with E-state index in [1.54, 1.807) is 7.11 Å². The molecule has 1 aromatic rings. The highest BCUT2D eigenvalue weighted by atomic mass is 19.1. The summed E-state index contributed by atoms with van der Waals surface area (Å²) in [5.74, 6) is -1.10. The third-order valence-corrected chi connectivity index (χ3v) is 2.71. The monoisotopic (exact) mass is 273 g/mol. The molecule has 0 aliphatic rings. The van der Waals surface area contributed by atoms with Crippen molar-refractivity contribution in [3.8, 4) is 0 Å². The van der Waals surface area contributed by atoms with E-state index in [1.807, 2.05) is 6.92 Å². The summed E-state index contributed by atoms with van der Waals surface area (Å²) >= 11 is 0. The molecule has 5 heteroatoms. The predicted molar refractivity (Wildman–Crippen MR) is 70.1 cm³/mol. The van der Waals surface area contributed by atoms with Gasteiger partial charge in [-0.15, -0.1) is 0 Å². The average molecular weight is 273 g/mol. The van der Waals surface area contributed by atoms with Crippen LogP contribution >= 0.6 is 0 Å². The molecule has 0 saturated heterocycles. The van der Waals surface area contributed by atoms with Gasteiger partial charge in [0.2, 0.25) is 0 Å². The van der Waals surface area contributed by atoms with Gasteiger partial charge in [0, 0.05) is 12.7 Å². The van der Waals surface area contributed by atoms with Crippen LogP contribution in [0.5, 0.6) is 0 Å². The second kappa shape index (κ2) is 8.96. The summed E-state index contributed by atoms with van der Waals surface area (Å²) < 4.78 is 37.7. The molecule has 0 saturated carbocycles. The summed E-state index contributed by atoms with van der Waals surface area (Å²) in [6.45, 7) is 3.73. The van der Waals surface area contributed by atoms with Crippen LogP contribution in [0.25, 0.3) is 0 Å². The number of hydrogen-bond acceptors (Lipinski definition) is 3. The van der Waals surface area contributed by atoms with Crippen LogP contribution in [0.1, 0.15) is 24.9 Å². The molecule has 0 spiro atoms. The van der Waals surface area contributed by atoms with Gasteiger partial charge in [-0.2, -0.15) is 0 Å². The van der Waals surface area contributed by atoms with E-state index in [4.69, 9.17) is 9.47 Å². The van der Waals surface area contributed by atoms with E-state index < -0.39 is 17.7 Å². The van der Waals surface area contributed by atoms with E-state index in [9.17, 15) is 8.78 Å². The molecular formula is C14H21F2NO2. The summed E-state index contributed by atoms with van der Waals surface area (Å²) in [7, 11) is 1.58.